The minimum Gasteiger partial charge on any atom is -0.299 e. The van der Waals surface area contributed by atoms with Crippen LogP contribution in [0, 0.1) is 11.3 Å². The second-order valence-electron chi connectivity index (χ2n) is 4.50. The average molecular weight is 164 g/mol. The average Bonchev–Trinajstić information content (AvgIpc) is 2.32. The summed E-state index contributed by atoms with van der Waals surface area (Å²) in [4.78, 5) is 11.6. The second-order valence-corrected chi connectivity index (χ2v) is 4.50. The zero-order valence-electron chi connectivity index (χ0n) is 8.00. The Morgan fingerprint density at radius 2 is 1.75 bits per heavy atom. The molecule has 0 saturated carbocycles. The standard InChI is InChI=1S/C11H16O/c1-11(2,3)8-10(12)9-6-4-5-7-9/h4-7,9H,8H2,1-3H3. The predicted molar refractivity (Wildman–Crippen MR) is 50.8 cm³/mol. The van der Waals surface area contributed by atoms with E-state index >= 15 is 0 Å². The lowest BCUT2D eigenvalue weighted by Crippen LogP contribution is -2.17. The zero-order valence-corrected chi connectivity index (χ0v) is 8.00. The SMILES string of the molecule is CC(C)(C)CC(=O)C1C=CC=C1. The van der Waals surface area contributed by atoms with Crippen molar-refractivity contribution in [3.8, 4) is 0 Å². The van der Waals surface area contributed by atoms with Gasteiger partial charge in [0.15, 0.2) is 0 Å². The molecule has 1 nitrogen and oxygen atoms in total. The van der Waals surface area contributed by atoms with Crippen molar-refractivity contribution >= 4 is 5.78 Å². The summed E-state index contributed by atoms with van der Waals surface area (Å²) in [6.07, 6.45) is 8.44. The summed E-state index contributed by atoms with van der Waals surface area (Å²) < 4.78 is 0. The molecule has 0 aliphatic heterocycles. The highest BCUT2D eigenvalue weighted by Crippen LogP contribution is 2.23. The van der Waals surface area contributed by atoms with E-state index in [0.29, 0.717) is 12.2 Å². The van der Waals surface area contributed by atoms with E-state index < -0.39 is 0 Å². The normalized spacial score (nSPS) is 17.2. The number of carbonyl (C=O) groups is 1. The maximum atomic E-state index is 11.6. The van der Waals surface area contributed by atoms with Gasteiger partial charge < -0.3 is 0 Å². The number of rotatable bonds is 2. The van der Waals surface area contributed by atoms with Crippen molar-refractivity contribution in [1.29, 1.82) is 0 Å². The predicted octanol–water partition coefficient (Wildman–Crippen LogP) is 2.73. The van der Waals surface area contributed by atoms with Crippen LogP contribution in [-0.2, 0) is 4.79 Å². The maximum absolute atomic E-state index is 11.6. The summed E-state index contributed by atoms with van der Waals surface area (Å²) in [7, 11) is 0. The van der Waals surface area contributed by atoms with Crippen LogP contribution in [0.5, 0.6) is 0 Å². The Bertz CT molecular complexity index is 216. The lowest BCUT2D eigenvalue weighted by Gasteiger charge is -2.18. The fourth-order valence-electron chi connectivity index (χ4n) is 1.29. The van der Waals surface area contributed by atoms with Crippen LogP contribution < -0.4 is 0 Å². The molecule has 0 aromatic carbocycles. The van der Waals surface area contributed by atoms with Crippen LogP contribution in [0.4, 0.5) is 0 Å². The van der Waals surface area contributed by atoms with E-state index in [1.54, 1.807) is 0 Å². The lowest BCUT2D eigenvalue weighted by atomic mass is 9.86. The second kappa shape index (κ2) is 3.26. The molecular formula is C11H16O. The Morgan fingerprint density at radius 1 is 1.25 bits per heavy atom. The van der Waals surface area contributed by atoms with Gasteiger partial charge in [-0.3, -0.25) is 4.79 Å². The molecule has 1 heteroatoms. The Morgan fingerprint density at radius 3 is 2.17 bits per heavy atom. The Hall–Kier alpha value is -0.850. The molecule has 0 radical (unpaired) electrons. The van der Waals surface area contributed by atoms with Crippen LogP contribution in [0.1, 0.15) is 27.2 Å². The third-order valence-corrected chi connectivity index (χ3v) is 1.82. The molecule has 0 amide bonds. The summed E-state index contributed by atoms with van der Waals surface area (Å²) in [5.74, 6) is 0.372. The number of Topliss-reactive ketones (excluding diaryl/α,β-unsaturated/α-hetero) is 1. The molecular weight excluding hydrogens is 148 g/mol. The van der Waals surface area contributed by atoms with Gasteiger partial charge in [-0.25, -0.2) is 0 Å². The summed E-state index contributed by atoms with van der Waals surface area (Å²) in [5.41, 5.74) is 0.112. The van der Waals surface area contributed by atoms with Crippen LogP contribution in [0.25, 0.3) is 0 Å². The fraction of sp³-hybridized carbons (Fsp3) is 0.545. The van der Waals surface area contributed by atoms with Crippen molar-refractivity contribution in [2.75, 3.05) is 0 Å². The van der Waals surface area contributed by atoms with Gasteiger partial charge in [-0.05, 0) is 5.41 Å². The molecule has 1 aliphatic carbocycles. The van der Waals surface area contributed by atoms with Gasteiger partial charge in [-0.2, -0.15) is 0 Å². The van der Waals surface area contributed by atoms with Crippen molar-refractivity contribution < 1.29 is 4.79 Å². The topological polar surface area (TPSA) is 17.1 Å². The first-order valence-corrected chi connectivity index (χ1v) is 4.37. The quantitative estimate of drug-likeness (QED) is 0.613. The number of hydrogen-bond donors (Lipinski definition) is 0. The summed E-state index contributed by atoms with van der Waals surface area (Å²) >= 11 is 0. The highest BCUT2D eigenvalue weighted by Gasteiger charge is 2.21. The van der Waals surface area contributed by atoms with E-state index in [9.17, 15) is 4.79 Å². The number of ketones is 1. The molecule has 0 heterocycles. The number of hydrogen-bond acceptors (Lipinski definition) is 1. The third kappa shape index (κ3) is 2.65. The first kappa shape index (κ1) is 9.24. The summed E-state index contributed by atoms with van der Waals surface area (Å²) in [6, 6.07) is 0. The molecule has 0 fully saturated rings. The van der Waals surface area contributed by atoms with Crippen molar-refractivity contribution in [3.63, 3.8) is 0 Å². The minimum absolute atomic E-state index is 0.0456. The Balaban J connectivity index is 2.49. The van der Waals surface area contributed by atoms with Crippen LogP contribution in [0.3, 0.4) is 0 Å². The Kier molecular flexibility index (Phi) is 2.51. The molecule has 0 bridgehead atoms. The molecule has 0 spiro atoms. The van der Waals surface area contributed by atoms with E-state index in [0.717, 1.165) is 0 Å². The van der Waals surface area contributed by atoms with E-state index in [-0.39, 0.29) is 11.3 Å². The van der Waals surface area contributed by atoms with Crippen LogP contribution in [0.2, 0.25) is 0 Å². The molecule has 12 heavy (non-hydrogen) atoms. The molecule has 0 N–H and O–H groups in total. The smallest absolute Gasteiger partial charge is 0.144 e. The largest absolute Gasteiger partial charge is 0.299 e. The van der Waals surface area contributed by atoms with Gasteiger partial charge in [0.1, 0.15) is 5.78 Å². The minimum atomic E-state index is 0.0456. The van der Waals surface area contributed by atoms with Gasteiger partial charge in [0.2, 0.25) is 0 Å². The molecule has 0 saturated heterocycles. The molecule has 0 atom stereocenters. The monoisotopic (exact) mass is 164 g/mol. The Labute approximate surface area is 74.2 Å². The van der Waals surface area contributed by atoms with Crippen LogP contribution >= 0.6 is 0 Å². The van der Waals surface area contributed by atoms with Gasteiger partial charge in [-0.15, -0.1) is 0 Å². The highest BCUT2D eigenvalue weighted by molar-refractivity contribution is 5.85. The van der Waals surface area contributed by atoms with Gasteiger partial charge in [-0.1, -0.05) is 45.1 Å². The molecule has 1 rings (SSSR count). The van der Waals surface area contributed by atoms with Gasteiger partial charge in [0, 0.05) is 6.42 Å². The lowest BCUT2D eigenvalue weighted by molar-refractivity contribution is -0.122. The fourth-order valence-corrected chi connectivity index (χ4v) is 1.29. The first-order valence-electron chi connectivity index (χ1n) is 4.37. The summed E-state index contributed by atoms with van der Waals surface area (Å²) in [6.45, 7) is 6.27. The van der Waals surface area contributed by atoms with Crippen LogP contribution in [-0.4, -0.2) is 5.78 Å². The van der Waals surface area contributed by atoms with Crippen molar-refractivity contribution in [2.45, 2.75) is 27.2 Å². The molecule has 1 aliphatic rings. The van der Waals surface area contributed by atoms with Crippen LogP contribution in [0.15, 0.2) is 24.3 Å². The van der Waals surface area contributed by atoms with E-state index in [2.05, 4.69) is 20.8 Å². The van der Waals surface area contributed by atoms with E-state index in [4.69, 9.17) is 0 Å². The number of carbonyl (C=O) groups excluding carboxylic acids is 1. The molecule has 66 valence electrons. The van der Waals surface area contributed by atoms with E-state index in [1.165, 1.54) is 0 Å². The van der Waals surface area contributed by atoms with Gasteiger partial charge in [0.05, 0.1) is 5.92 Å². The van der Waals surface area contributed by atoms with Gasteiger partial charge >= 0.3 is 0 Å². The van der Waals surface area contributed by atoms with Crippen molar-refractivity contribution in [1.82, 2.24) is 0 Å². The molecule has 0 aromatic rings. The third-order valence-electron chi connectivity index (χ3n) is 1.82. The summed E-state index contributed by atoms with van der Waals surface area (Å²) in [5, 5.41) is 0. The van der Waals surface area contributed by atoms with E-state index in [1.807, 2.05) is 24.3 Å². The molecule has 0 aromatic heterocycles. The highest BCUT2D eigenvalue weighted by atomic mass is 16.1. The molecule has 0 unspecified atom stereocenters. The van der Waals surface area contributed by atoms with Gasteiger partial charge in [0.25, 0.3) is 0 Å². The van der Waals surface area contributed by atoms with Crippen molar-refractivity contribution in [2.24, 2.45) is 11.3 Å². The zero-order chi connectivity index (χ0) is 9.19. The first-order chi connectivity index (χ1) is 5.49. The number of allylic oxidation sites excluding steroid dienone is 4. The van der Waals surface area contributed by atoms with Crippen molar-refractivity contribution in [3.05, 3.63) is 24.3 Å². The maximum Gasteiger partial charge on any atom is 0.144 e.